The predicted octanol–water partition coefficient (Wildman–Crippen LogP) is 3.43. The summed E-state index contributed by atoms with van der Waals surface area (Å²) in [6, 6.07) is 19.8. The van der Waals surface area contributed by atoms with Crippen LogP contribution in [-0.2, 0) is 13.1 Å². The number of hydrogen-bond acceptors (Lipinski definition) is 3. The third-order valence-corrected chi connectivity index (χ3v) is 5.86. The van der Waals surface area contributed by atoms with Gasteiger partial charge in [0.15, 0.2) is 5.96 Å². The number of hydrogen-bond donors (Lipinski definition) is 2. The van der Waals surface area contributed by atoms with Gasteiger partial charge >= 0.3 is 0 Å². The lowest BCUT2D eigenvalue weighted by atomic mass is 10.1. The van der Waals surface area contributed by atoms with Gasteiger partial charge in [0.1, 0.15) is 0 Å². The van der Waals surface area contributed by atoms with Crippen molar-refractivity contribution in [1.29, 1.82) is 0 Å². The number of nitrogens with zero attached hydrogens (tertiary/aromatic N) is 4. The summed E-state index contributed by atoms with van der Waals surface area (Å²) in [6.45, 7) is 4.75. The maximum Gasteiger partial charge on any atom is 0.191 e. The Labute approximate surface area is 185 Å². The first-order chi connectivity index (χ1) is 15.3. The van der Waals surface area contributed by atoms with Gasteiger partial charge in [0, 0.05) is 39.1 Å². The van der Waals surface area contributed by atoms with Crippen LogP contribution in [0.15, 0.2) is 78.3 Å². The van der Waals surface area contributed by atoms with Gasteiger partial charge in [-0.2, -0.15) is 0 Å². The van der Waals surface area contributed by atoms with Gasteiger partial charge in [-0.3, -0.25) is 9.89 Å². The summed E-state index contributed by atoms with van der Waals surface area (Å²) in [7, 11) is 1.83. The highest BCUT2D eigenvalue weighted by molar-refractivity contribution is 5.79. The van der Waals surface area contributed by atoms with Crippen LogP contribution in [0.5, 0.6) is 0 Å². The molecule has 162 valence electrons. The van der Waals surface area contributed by atoms with E-state index in [-0.39, 0.29) is 0 Å². The van der Waals surface area contributed by atoms with Crippen LogP contribution in [0.1, 0.15) is 35.6 Å². The Morgan fingerprint density at radius 3 is 2.42 bits per heavy atom. The highest BCUT2D eigenvalue weighted by atomic mass is 15.2. The largest absolute Gasteiger partial charge is 0.354 e. The van der Waals surface area contributed by atoms with E-state index >= 15 is 0 Å². The van der Waals surface area contributed by atoms with Gasteiger partial charge in [-0.25, -0.2) is 4.98 Å². The summed E-state index contributed by atoms with van der Waals surface area (Å²) in [5.41, 5.74) is 3.86. The van der Waals surface area contributed by atoms with E-state index in [4.69, 9.17) is 0 Å². The molecule has 1 fully saturated rings. The molecule has 0 radical (unpaired) electrons. The van der Waals surface area contributed by atoms with E-state index in [0.717, 1.165) is 25.6 Å². The van der Waals surface area contributed by atoms with Gasteiger partial charge in [0.25, 0.3) is 0 Å². The van der Waals surface area contributed by atoms with Crippen molar-refractivity contribution in [3.05, 3.63) is 90.0 Å². The van der Waals surface area contributed by atoms with Gasteiger partial charge in [-0.1, -0.05) is 54.6 Å². The van der Waals surface area contributed by atoms with Gasteiger partial charge in [0.05, 0.1) is 12.4 Å². The fourth-order valence-electron chi connectivity index (χ4n) is 4.14. The molecule has 2 heterocycles. The fourth-order valence-corrected chi connectivity index (χ4v) is 4.14. The highest BCUT2D eigenvalue weighted by Gasteiger charge is 2.23. The lowest BCUT2D eigenvalue weighted by Crippen LogP contribution is -2.42. The standard InChI is InChI=1S/C25H32N6/c1-26-25(28-17-21-9-11-22(12-10-21)19-30-16-13-27-20-30)29-18-24(31-14-5-6-15-31)23-7-3-2-4-8-23/h2-4,7-13,16,20,24H,5-6,14-15,17-19H2,1H3,(H2,26,28,29). The van der Waals surface area contributed by atoms with Crippen LogP contribution in [0, 0.1) is 0 Å². The number of guanidine groups is 1. The Hall–Kier alpha value is -3.12. The molecule has 31 heavy (non-hydrogen) atoms. The Bertz CT molecular complexity index is 928. The molecule has 0 spiro atoms. The van der Waals surface area contributed by atoms with Crippen LogP contribution in [0.2, 0.25) is 0 Å². The fraction of sp³-hybridized carbons (Fsp3) is 0.360. The Morgan fingerprint density at radius 1 is 1.00 bits per heavy atom. The zero-order valence-electron chi connectivity index (χ0n) is 18.2. The van der Waals surface area contributed by atoms with Gasteiger partial charge in [-0.05, 0) is 42.6 Å². The van der Waals surface area contributed by atoms with E-state index in [1.807, 2.05) is 25.8 Å². The molecule has 1 aliphatic rings. The minimum atomic E-state index is 0.365. The van der Waals surface area contributed by atoms with E-state index in [9.17, 15) is 0 Å². The third kappa shape index (κ3) is 5.95. The first-order valence-electron chi connectivity index (χ1n) is 11.1. The first kappa shape index (κ1) is 21.1. The molecule has 2 N–H and O–H groups in total. The number of aromatic nitrogens is 2. The van der Waals surface area contributed by atoms with E-state index in [1.165, 1.54) is 42.6 Å². The number of rotatable bonds is 8. The second kappa shape index (κ2) is 10.8. The Kier molecular flexibility index (Phi) is 7.34. The number of aliphatic imine (C=N–C) groups is 1. The number of imidazole rings is 1. The van der Waals surface area contributed by atoms with Crippen molar-refractivity contribution in [3.63, 3.8) is 0 Å². The summed E-state index contributed by atoms with van der Waals surface area (Å²) in [6.07, 6.45) is 8.20. The Balaban J connectivity index is 1.30. The van der Waals surface area contributed by atoms with Crippen molar-refractivity contribution in [1.82, 2.24) is 25.1 Å². The lowest BCUT2D eigenvalue weighted by molar-refractivity contribution is 0.245. The zero-order valence-corrected chi connectivity index (χ0v) is 18.2. The minimum absolute atomic E-state index is 0.365. The minimum Gasteiger partial charge on any atom is -0.354 e. The SMILES string of the molecule is CN=C(NCc1ccc(Cn2ccnc2)cc1)NCC(c1ccccc1)N1CCCC1. The molecule has 3 aromatic rings. The van der Waals surface area contributed by atoms with Crippen LogP contribution < -0.4 is 10.6 Å². The molecule has 4 rings (SSSR count). The summed E-state index contributed by atoms with van der Waals surface area (Å²) < 4.78 is 2.07. The molecular formula is C25H32N6. The molecule has 1 aliphatic heterocycles. The molecule has 1 saturated heterocycles. The smallest absolute Gasteiger partial charge is 0.191 e. The second-order valence-corrected chi connectivity index (χ2v) is 8.03. The van der Waals surface area contributed by atoms with Crippen molar-refractivity contribution in [2.24, 2.45) is 4.99 Å². The third-order valence-electron chi connectivity index (χ3n) is 5.86. The summed E-state index contributed by atoms with van der Waals surface area (Å²) in [4.78, 5) is 11.1. The van der Waals surface area contributed by atoms with Crippen molar-refractivity contribution in [3.8, 4) is 0 Å². The number of likely N-dealkylation sites (tertiary alicyclic amines) is 1. The van der Waals surface area contributed by atoms with Gasteiger partial charge in [0.2, 0.25) is 0 Å². The van der Waals surface area contributed by atoms with Crippen molar-refractivity contribution in [2.75, 3.05) is 26.7 Å². The average molecular weight is 417 g/mol. The Morgan fingerprint density at radius 2 is 1.74 bits per heavy atom. The molecule has 1 unspecified atom stereocenters. The number of nitrogens with one attached hydrogen (secondary N) is 2. The summed E-state index contributed by atoms with van der Waals surface area (Å²) in [5, 5.41) is 7.00. The van der Waals surface area contributed by atoms with E-state index in [0.29, 0.717) is 6.04 Å². The molecule has 2 aromatic carbocycles. The van der Waals surface area contributed by atoms with Crippen molar-refractivity contribution in [2.45, 2.75) is 32.0 Å². The number of benzene rings is 2. The molecule has 0 saturated carbocycles. The van der Waals surface area contributed by atoms with Crippen molar-refractivity contribution < 1.29 is 0 Å². The monoisotopic (exact) mass is 416 g/mol. The lowest BCUT2D eigenvalue weighted by Gasteiger charge is -2.29. The highest BCUT2D eigenvalue weighted by Crippen LogP contribution is 2.24. The molecule has 6 nitrogen and oxygen atoms in total. The summed E-state index contributed by atoms with van der Waals surface area (Å²) in [5.74, 6) is 0.836. The topological polar surface area (TPSA) is 57.5 Å². The zero-order chi connectivity index (χ0) is 21.3. The molecular weight excluding hydrogens is 384 g/mol. The van der Waals surface area contributed by atoms with E-state index < -0.39 is 0 Å². The van der Waals surface area contributed by atoms with Crippen LogP contribution >= 0.6 is 0 Å². The van der Waals surface area contributed by atoms with E-state index in [2.05, 4.69) is 84.7 Å². The van der Waals surface area contributed by atoms with Gasteiger partial charge < -0.3 is 15.2 Å². The molecule has 1 atom stereocenters. The van der Waals surface area contributed by atoms with Crippen LogP contribution in [0.3, 0.4) is 0 Å². The van der Waals surface area contributed by atoms with Crippen LogP contribution in [0.4, 0.5) is 0 Å². The normalized spacial score (nSPS) is 15.7. The predicted molar refractivity (Wildman–Crippen MR) is 126 cm³/mol. The average Bonchev–Trinajstić information content (AvgIpc) is 3.52. The molecule has 0 bridgehead atoms. The van der Waals surface area contributed by atoms with Crippen LogP contribution in [0.25, 0.3) is 0 Å². The summed E-state index contributed by atoms with van der Waals surface area (Å²) >= 11 is 0. The maximum absolute atomic E-state index is 4.43. The molecule has 6 heteroatoms. The van der Waals surface area contributed by atoms with Crippen molar-refractivity contribution >= 4 is 5.96 Å². The first-order valence-corrected chi connectivity index (χ1v) is 11.1. The maximum atomic E-state index is 4.43. The molecule has 0 aliphatic carbocycles. The quantitative estimate of drug-likeness (QED) is 0.436. The van der Waals surface area contributed by atoms with Gasteiger partial charge in [-0.15, -0.1) is 0 Å². The molecule has 0 amide bonds. The second-order valence-electron chi connectivity index (χ2n) is 8.03. The van der Waals surface area contributed by atoms with Crippen LogP contribution in [-0.4, -0.2) is 47.1 Å². The van der Waals surface area contributed by atoms with E-state index in [1.54, 1.807) is 0 Å². The molecule has 1 aromatic heterocycles.